The average molecular weight is 503 g/mol. The molecule has 4 rings (SSSR count). The van der Waals surface area contributed by atoms with Gasteiger partial charge in [0.25, 0.3) is 0 Å². The van der Waals surface area contributed by atoms with Crippen LogP contribution < -0.4 is 10.1 Å². The molecule has 0 radical (unpaired) electrons. The van der Waals surface area contributed by atoms with Crippen LogP contribution in [0.1, 0.15) is 40.0 Å². The number of hydrogen-bond acceptors (Lipinski definition) is 8. The molecule has 200 valence electrons. The molecule has 8 nitrogen and oxygen atoms in total. The number of ether oxygens (including phenoxy) is 5. The van der Waals surface area contributed by atoms with E-state index in [2.05, 4.69) is 37.1 Å². The number of esters is 1. The quantitative estimate of drug-likeness (QED) is 0.263. The van der Waals surface area contributed by atoms with Gasteiger partial charge in [-0.2, -0.15) is 0 Å². The highest BCUT2D eigenvalue weighted by atomic mass is 16.6. The zero-order valence-electron chi connectivity index (χ0n) is 22.5. The predicted octanol–water partition coefficient (Wildman–Crippen LogP) is 3.66. The van der Waals surface area contributed by atoms with Crippen LogP contribution in [-0.2, 0) is 23.7 Å². The minimum absolute atomic E-state index is 0.0186. The van der Waals surface area contributed by atoms with E-state index < -0.39 is 0 Å². The van der Waals surface area contributed by atoms with E-state index in [4.69, 9.17) is 23.7 Å². The third-order valence-corrected chi connectivity index (χ3v) is 7.62. The molecule has 0 bridgehead atoms. The highest BCUT2D eigenvalue weighted by Crippen LogP contribution is 2.59. The summed E-state index contributed by atoms with van der Waals surface area (Å²) >= 11 is 0. The van der Waals surface area contributed by atoms with E-state index in [9.17, 15) is 4.79 Å². The van der Waals surface area contributed by atoms with E-state index in [1.165, 1.54) is 5.57 Å². The van der Waals surface area contributed by atoms with Crippen molar-refractivity contribution in [3.05, 3.63) is 35.9 Å². The maximum atomic E-state index is 12.8. The van der Waals surface area contributed by atoms with Crippen LogP contribution in [0.3, 0.4) is 0 Å². The van der Waals surface area contributed by atoms with E-state index >= 15 is 0 Å². The molecule has 1 saturated carbocycles. The van der Waals surface area contributed by atoms with Crippen molar-refractivity contribution >= 4 is 11.7 Å². The molecule has 6 atom stereocenters. The topological polar surface area (TPSA) is 85.1 Å². The number of allylic oxidation sites excluding steroid dienone is 1. The lowest BCUT2D eigenvalue weighted by atomic mass is 9.68. The van der Waals surface area contributed by atoms with E-state index in [-0.39, 0.29) is 47.9 Å². The lowest BCUT2D eigenvalue weighted by molar-refractivity contribution is -0.170. The number of nitrogens with one attached hydrogen (secondary N) is 1. The van der Waals surface area contributed by atoms with Crippen LogP contribution in [0.5, 0.6) is 5.75 Å². The number of epoxide rings is 2. The number of methoxy groups -OCH3 is 1. The van der Waals surface area contributed by atoms with Gasteiger partial charge in [0.1, 0.15) is 42.3 Å². The summed E-state index contributed by atoms with van der Waals surface area (Å²) in [5.41, 5.74) is 1.54. The maximum Gasteiger partial charge on any atom is 0.325 e. The molecule has 1 spiro atoms. The van der Waals surface area contributed by atoms with E-state index in [0.717, 1.165) is 30.8 Å². The zero-order valence-corrected chi connectivity index (χ0v) is 22.5. The fraction of sp³-hybridized carbons (Fsp3) is 0.679. The summed E-state index contributed by atoms with van der Waals surface area (Å²) in [6, 6.07) is 7.60. The molecule has 1 aliphatic carbocycles. The van der Waals surface area contributed by atoms with Gasteiger partial charge in [0, 0.05) is 19.3 Å². The number of anilines is 1. The molecule has 3 fully saturated rings. The van der Waals surface area contributed by atoms with E-state index in [1.54, 1.807) is 7.11 Å². The smallest absolute Gasteiger partial charge is 0.325 e. The SMILES string of the molecule is CO[C@@H]1[C@H](OC(=O)CNc2ccc(OCCN(C)C)cc2)CC[C@]2(CO2)[C@H]1[C@]1(C)O[C@@H]1CC=C(C)C. The molecule has 0 unspecified atom stereocenters. The average Bonchev–Trinajstić information content (AvgIpc) is 3.75. The highest BCUT2D eigenvalue weighted by Gasteiger charge is 2.72. The summed E-state index contributed by atoms with van der Waals surface area (Å²) in [5.74, 6) is 0.518. The molecular weight excluding hydrogens is 460 g/mol. The lowest BCUT2D eigenvalue weighted by Gasteiger charge is -2.42. The Morgan fingerprint density at radius 1 is 1.25 bits per heavy atom. The molecule has 1 N–H and O–H groups in total. The van der Waals surface area contributed by atoms with Gasteiger partial charge < -0.3 is 33.9 Å². The van der Waals surface area contributed by atoms with Gasteiger partial charge in [0.2, 0.25) is 0 Å². The maximum absolute atomic E-state index is 12.8. The van der Waals surface area contributed by atoms with Gasteiger partial charge in [-0.3, -0.25) is 4.79 Å². The third kappa shape index (κ3) is 6.22. The Morgan fingerprint density at radius 2 is 1.97 bits per heavy atom. The first kappa shape index (κ1) is 26.9. The number of hydrogen-bond donors (Lipinski definition) is 1. The predicted molar refractivity (Wildman–Crippen MR) is 138 cm³/mol. The molecule has 8 heteroatoms. The first-order valence-electron chi connectivity index (χ1n) is 13.0. The van der Waals surface area contributed by atoms with Crippen LogP contribution in [0.15, 0.2) is 35.9 Å². The molecular formula is C28H42N2O6. The molecule has 3 aliphatic rings. The molecule has 0 amide bonds. The summed E-state index contributed by atoms with van der Waals surface area (Å²) in [6.45, 7) is 8.62. The first-order chi connectivity index (χ1) is 17.2. The van der Waals surface area contributed by atoms with Crippen molar-refractivity contribution in [2.45, 2.75) is 69.5 Å². The summed E-state index contributed by atoms with van der Waals surface area (Å²) in [6.07, 6.45) is 4.16. The van der Waals surface area contributed by atoms with Crippen LogP contribution in [0.4, 0.5) is 5.69 Å². The molecule has 0 aromatic heterocycles. The fourth-order valence-corrected chi connectivity index (χ4v) is 5.47. The highest BCUT2D eigenvalue weighted by molar-refractivity contribution is 5.75. The normalized spacial score (nSPS) is 32.8. The second-order valence-electron chi connectivity index (χ2n) is 10.9. The number of carbonyl (C=O) groups is 1. The van der Waals surface area contributed by atoms with Gasteiger partial charge in [0.05, 0.1) is 18.6 Å². The first-order valence-corrected chi connectivity index (χ1v) is 13.0. The van der Waals surface area contributed by atoms with Crippen molar-refractivity contribution in [1.82, 2.24) is 4.90 Å². The fourth-order valence-electron chi connectivity index (χ4n) is 5.47. The van der Waals surface area contributed by atoms with Crippen molar-refractivity contribution < 1.29 is 28.5 Å². The molecule has 1 aromatic rings. The van der Waals surface area contributed by atoms with Gasteiger partial charge >= 0.3 is 5.97 Å². The second-order valence-corrected chi connectivity index (χ2v) is 10.9. The standard InChI is InChI=1S/C28H42N2O6/c1-19(2)7-12-23-27(3,36-23)26-25(32-6)22(13-14-28(26)18-34-28)35-24(31)17-29-20-8-10-21(11-9-20)33-16-15-30(4)5/h7-11,22-23,25-26,29H,12-18H2,1-6H3/t22-,23-,25-,26-,27-,28+/m1/s1. The van der Waals surface area contributed by atoms with Crippen LogP contribution in [0, 0.1) is 5.92 Å². The number of nitrogens with zero attached hydrogens (tertiary/aromatic N) is 1. The Kier molecular flexibility index (Phi) is 8.29. The Labute approximate surface area is 215 Å². The molecule has 36 heavy (non-hydrogen) atoms. The Balaban J connectivity index is 1.31. The Bertz CT molecular complexity index is 924. The Hall–Kier alpha value is -2.13. The van der Waals surface area contributed by atoms with Gasteiger partial charge in [0.15, 0.2) is 0 Å². The molecule has 2 heterocycles. The summed E-state index contributed by atoms with van der Waals surface area (Å²) < 4.78 is 29.9. The van der Waals surface area contributed by atoms with E-state index in [0.29, 0.717) is 19.6 Å². The number of rotatable bonds is 12. The molecule has 1 aromatic carbocycles. The minimum Gasteiger partial charge on any atom is -0.492 e. The van der Waals surface area contributed by atoms with Crippen LogP contribution in [0.25, 0.3) is 0 Å². The number of carbonyl (C=O) groups excluding carboxylic acids is 1. The molecule has 2 aliphatic heterocycles. The third-order valence-electron chi connectivity index (χ3n) is 7.62. The van der Waals surface area contributed by atoms with Crippen LogP contribution >= 0.6 is 0 Å². The van der Waals surface area contributed by atoms with Crippen molar-refractivity contribution in [2.24, 2.45) is 5.92 Å². The summed E-state index contributed by atoms with van der Waals surface area (Å²) in [7, 11) is 5.72. The van der Waals surface area contributed by atoms with Crippen molar-refractivity contribution in [2.75, 3.05) is 52.8 Å². The monoisotopic (exact) mass is 502 g/mol. The number of benzene rings is 1. The van der Waals surface area contributed by atoms with Crippen LogP contribution in [-0.4, -0.2) is 87.9 Å². The molecule has 2 saturated heterocycles. The van der Waals surface area contributed by atoms with E-state index in [1.807, 2.05) is 38.4 Å². The van der Waals surface area contributed by atoms with Crippen LogP contribution in [0.2, 0.25) is 0 Å². The van der Waals surface area contributed by atoms with Gasteiger partial charge in [-0.25, -0.2) is 0 Å². The van der Waals surface area contributed by atoms with Gasteiger partial charge in [-0.15, -0.1) is 0 Å². The summed E-state index contributed by atoms with van der Waals surface area (Å²) in [5, 5.41) is 3.15. The lowest BCUT2D eigenvalue weighted by Crippen LogP contribution is -2.55. The number of likely N-dealkylation sites (N-methyl/N-ethyl adjacent to an activating group) is 1. The van der Waals surface area contributed by atoms with Gasteiger partial charge in [-0.05, 0) is 78.4 Å². The van der Waals surface area contributed by atoms with Gasteiger partial charge in [-0.1, -0.05) is 11.6 Å². The minimum atomic E-state index is -0.344. The van der Waals surface area contributed by atoms with Crippen molar-refractivity contribution in [3.8, 4) is 5.75 Å². The second kappa shape index (κ2) is 11.1. The zero-order chi connectivity index (χ0) is 25.9. The van der Waals surface area contributed by atoms with Crippen molar-refractivity contribution in [3.63, 3.8) is 0 Å². The Morgan fingerprint density at radius 3 is 2.58 bits per heavy atom. The largest absolute Gasteiger partial charge is 0.492 e. The van der Waals surface area contributed by atoms with Crippen molar-refractivity contribution in [1.29, 1.82) is 0 Å². The summed E-state index contributed by atoms with van der Waals surface area (Å²) in [4.78, 5) is 14.8.